The predicted octanol–water partition coefficient (Wildman–Crippen LogP) is 4.96. The van der Waals surface area contributed by atoms with Crippen LogP contribution in [0.2, 0.25) is 0 Å². The van der Waals surface area contributed by atoms with E-state index in [1.54, 1.807) is 25.1 Å². The molecule has 0 spiro atoms. The number of nitrogens with zero attached hydrogens (tertiary/aromatic N) is 2. The average molecular weight is 502 g/mol. The predicted molar refractivity (Wildman–Crippen MR) is 128 cm³/mol. The van der Waals surface area contributed by atoms with Gasteiger partial charge in [0.1, 0.15) is 15.5 Å². The maximum atomic E-state index is 12.1. The van der Waals surface area contributed by atoms with Crippen molar-refractivity contribution in [3.63, 3.8) is 0 Å². The summed E-state index contributed by atoms with van der Waals surface area (Å²) in [4.78, 5) is -1.21. The first-order chi connectivity index (χ1) is 15.9. The van der Waals surface area contributed by atoms with E-state index < -0.39 is 30.0 Å². The largest absolute Gasteiger partial charge is 0.505 e. The Morgan fingerprint density at radius 1 is 0.794 bits per heavy atom. The maximum Gasteiger partial charge on any atom is 0.295 e. The van der Waals surface area contributed by atoms with Crippen LogP contribution in [0.15, 0.2) is 74.6 Å². The van der Waals surface area contributed by atoms with Gasteiger partial charge in [0.05, 0.1) is 5.69 Å². The quantitative estimate of drug-likeness (QED) is 0.220. The number of aromatic hydroxyl groups is 1. The highest BCUT2D eigenvalue weighted by Crippen LogP contribution is 2.40. The van der Waals surface area contributed by atoms with E-state index in [4.69, 9.17) is 0 Å². The minimum atomic E-state index is -4.82. The highest BCUT2D eigenvalue weighted by atomic mass is 32.2. The zero-order valence-corrected chi connectivity index (χ0v) is 19.5. The van der Waals surface area contributed by atoms with Crippen LogP contribution in [0.1, 0.15) is 5.56 Å². The third-order valence-electron chi connectivity index (χ3n) is 5.27. The van der Waals surface area contributed by atoms with Gasteiger partial charge in [-0.25, -0.2) is 0 Å². The van der Waals surface area contributed by atoms with Gasteiger partial charge < -0.3 is 10.4 Å². The molecule has 4 N–H and O–H groups in total. The standard InChI is InChI=1S/C22H19N3O7S2/c1-12-7-13-5-3-4-6-16(13)22(26)21(12)25-24-15-9-18-17(20(11-15)34(30,31)32)8-14(23-2)10-19(18)33(27,28)29/h3-11,23,26H,1-2H3,(H,27,28,29)(H,30,31,32). The second-order valence-electron chi connectivity index (χ2n) is 7.53. The fourth-order valence-electron chi connectivity index (χ4n) is 3.70. The lowest BCUT2D eigenvalue weighted by Gasteiger charge is -2.12. The SMILES string of the molecule is CNc1cc(S(=O)(=O)O)c2cc(N=Nc3c(C)cc4ccccc4c3O)cc(S(=O)(=O)O)c2c1. The van der Waals surface area contributed by atoms with E-state index in [1.807, 2.05) is 12.1 Å². The van der Waals surface area contributed by atoms with Gasteiger partial charge in [-0.3, -0.25) is 9.11 Å². The third-order valence-corrected chi connectivity index (χ3v) is 7.06. The Hall–Kier alpha value is -3.58. The molecule has 0 radical (unpaired) electrons. The molecule has 0 atom stereocenters. The van der Waals surface area contributed by atoms with Crippen molar-refractivity contribution < 1.29 is 31.0 Å². The second-order valence-corrected chi connectivity index (χ2v) is 10.3. The average Bonchev–Trinajstić information content (AvgIpc) is 2.76. The molecule has 0 fully saturated rings. The highest BCUT2D eigenvalue weighted by Gasteiger charge is 2.23. The van der Waals surface area contributed by atoms with E-state index >= 15 is 0 Å². The van der Waals surface area contributed by atoms with Crippen LogP contribution in [-0.4, -0.2) is 38.1 Å². The molecule has 0 saturated heterocycles. The molecule has 4 rings (SSSR count). The summed E-state index contributed by atoms with van der Waals surface area (Å²) in [5, 5.41) is 22.4. The summed E-state index contributed by atoms with van der Waals surface area (Å²) >= 11 is 0. The molecule has 0 amide bonds. The summed E-state index contributed by atoms with van der Waals surface area (Å²) in [5.74, 6) is -0.132. The molecular weight excluding hydrogens is 482 g/mol. The molecule has 0 bridgehead atoms. The zero-order chi connectivity index (χ0) is 24.8. The normalized spacial score (nSPS) is 12.6. The molecule has 4 aromatic rings. The number of phenols is 1. The van der Waals surface area contributed by atoms with E-state index in [0.29, 0.717) is 10.9 Å². The lowest BCUT2D eigenvalue weighted by molar-refractivity contribution is 0.481. The monoisotopic (exact) mass is 501 g/mol. The van der Waals surface area contributed by atoms with Crippen LogP contribution in [-0.2, 0) is 20.2 Å². The van der Waals surface area contributed by atoms with E-state index in [-0.39, 0.29) is 33.6 Å². The number of hydrogen-bond acceptors (Lipinski definition) is 8. The van der Waals surface area contributed by atoms with Crippen LogP contribution < -0.4 is 5.32 Å². The first kappa shape index (κ1) is 23.6. The van der Waals surface area contributed by atoms with Crippen molar-refractivity contribution in [2.24, 2.45) is 10.2 Å². The van der Waals surface area contributed by atoms with Crippen LogP contribution in [0, 0.1) is 6.92 Å². The summed E-state index contributed by atoms with van der Waals surface area (Å²) in [5.41, 5.74) is 0.783. The van der Waals surface area contributed by atoms with Gasteiger partial charge in [-0.05, 0) is 48.2 Å². The van der Waals surface area contributed by atoms with Crippen molar-refractivity contribution in [3.05, 3.63) is 60.2 Å². The molecule has 0 heterocycles. The van der Waals surface area contributed by atoms with E-state index in [0.717, 1.165) is 17.5 Å². The molecule has 4 aromatic carbocycles. The molecule has 12 heteroatoms. The Morgan fingerprint density at radius 2 is 1.41 bits per heavy atom. The number of azo groups is 1. The number of benzene rings is 4. The van der Waals surface area contributed by atoms with Gasteiger partial charge in [0.15, 0.2) is 5.75 Å². The molecule has 0 aliphatic heterocycles. The minimum Gasteiger partial charge on any atom is -0.505 e. The van der Waals surface area contributed by atoms with E-state index in [2.05, 4.69) is 15.5 Å². The summed E-state index contributed by atoms with van der Waals surface area (Å²) in [7, 11) is -8.12. The van der Waals surface area contributed by atoms with Gasteiger partial charge in [0.2, 0.25) is 0 Å². The molecule has 0 aromatic heterocycles. The number of nitrogens with one attached hydrogen (secondary N) is 1. The van der Waals surface area contributed by atoms with Gasteiger partial charge in [-0.1, -0.05) is 24.3 Å². The maximum absolute atomic E-state index is 12.1. The molecule has 34 heavy (non-hydrogen) atoms. The third kappa shape index (κ3) is 4.31. The molecule has 176 valence electrons. The van der Waals surface area contributed by atoms with E-state index in [1.165, 1.54) is 19.2 Å². The number of anilines is 1. The number of rotatable bonds is 5. The number of hydrogen-bond donors (Lipinski definition) is 4. The van der Waals surface area contributed by atoms with Crippen molar-refractivity contribution >= 4 is 58.8 Å². The van der Waals surface area contributed by atoms with Crippen LogP contribution in [0.25, 0.3) is 21.5 Å². The van der Waals surface area contributed by atoms with Crippen LogP contribution >= 0.6 is 0 Å². The lowest BCUT2D eigenvalue weighted by atomic mass is 10.0. The molecule has 10 nitrogen and oxygen atoms in total. The Morgan fingerprint density at radius 3 is 2.06 bits per heavy atom. The Balaban J connectivity index is 1.99. The number of fused-ring (bicyclic) bond motifs is 2. The van der Waals surface area contributed by atoms with Crippen LogP contribution in [0.4, 0.5) is 17.1 Å². The second kappa shape index (κ2) is 8.33. The van der Waals surface area contributed by atoms with Gasteiger partial charge in [-0.2, -0.15) is 21.9 Å². The van der Waals surface area contributed by atoms with Gasteiger partial charge in [0.25, 0.3) is 20.2 Å². The number of phenolic OH excluding ortho intramolecular Hbond substituents is 1. The van der Waals surface area contributed by atoms with E-state index in [9.17, 15) is 31.0 Å². The summed E-state index contributed by atoms with van der Waals surface area (Å²) in [6.07, 6.45) is 0. The molecular formula is C22H19N3O7S2. The molecule has 0 aliphatic rings. The first-order valence-corrected chi connectivity index (χ1v) is 12.7. The smallest absolute Gasteiger partial charge is 0.295 e. The molecule has 0 saturated carbocycles. The minimum absolute atomic E-state index is 0.130. The fourth-order valence-corrected chi connectivity index (χ4v) is 5.14. The Labute approximate surface area is 195 Å². The van der Waals surface area contributed by atoms with Gasteiger partial charge >= 0.3 is 0 Å². The summed E-state index contributed by atoms with van der Waals surface area (Å²) < 4.78 is 67.7. The number of aryl methyl sites for hydroxylation is 1. The molecule has 0 unspecified atom stereocenters. The topological polar surface area (TPSA) is 166 Å². The van der Waals surface area contributed by atoms with Gasteiger partial charge in [0, 0.05) is 28.9 Å². The molecule has 0 aliphatic carbocycles. The van der Waals surface area contributed by atoms with Gasteiger partial charge in [-0.15, -0.1) is 5.11 Å². The zero-order valence-electron chi connectivity index (χ0n) is 17.9. The van der Waals surface area contributed by atoms with Crippen molar-refractivity contribution in [3.8, 4) is 5.75 Å². The van der Waals surface area contributed by atoms with Crippen LogP contribution in [0.5, 0.6) is 5.75 Å². The Kier molecular flexibility index (Phi) is 5.77. The summed E-state index contributed by atoms with van der Waals surface area (Å²) in [6, 6.07) is 13.5. The lowest BCUT2D eigenvalue weighted by Crippen LogP contribution is -2.04. The first-order valence-electron chi connectivity index (χ1n) is 9.77. The van der Waals surface area contributed by atoms with Crippen molar-refractivity contribution in [2.75, 3.05) is 12.4 Å². The van der Waals surface area contributed by atoms with Crippen molar-refractivity contribution in [1.82, 2.24) is 0 Å². The Bertz CT molecular complexity index is 1710. The summed E-state index contributed by atoms with van der Waals surface area (Å²) in [6.45, 7) is 1.71. The van der Waals surface area contributed by atoms with Crippen molar-refractivity contribution in [1.29, 1.82) is 0 Å². The van der Waals surface area contributed by atoms with Crippen molar-refractivity contribution in [2.45, 2.75) is 16.7 Å². The fraction of sp³-hybridized carbons (Fsp3) is 0.0909. The van der Waals surface area contributed by atoms with Crippen LogP contribution in [0.3, 0.4) is 0 Å². The highest BCUT2D eigenvalue weighted by molar-refractivity contribution is 7.86.